The van der Waals surface area contributed by atoms with Gasteiger partial charge in [-0.2, -0.15) is 0 Å². The van der Waals surface area contributed by atoms with Crippen molar-refractivity contribution < 1.29 is 9.53 Å². The summed E-state index contributed by atoms with van der Waals surface area (Å²) in [5, 5.41) is 3.57. The number of amides is 1. The molecule has 24 heavy (non-hydrogen) atoms. The Bertz CT molecular complexity index is 779. The zero-order valence-electron chi connectivity index (χ0n) is 14.0. The molecule has 0 saturated carbocycles. The van der Waals surface area contributed by atoms with E-state index >= 15 is 0 Å². The van der Waals surface area contributed by atoms with E-state index in [2.05, 4.69) is 10.3 Å². The van der Waals surface area contributed by atoms with Crippen LogP contribution in [0.3, 0.4) is 0 Å². The van der Waals surface area contributed by atoms with Gasteiger partial charge in [-0.05, 0) is 31.4 Å². The monoisotopic (exact) mass is 329 g/mol. The Labute approximate surface area is 140 Å². The predicted octanol–water partition coefficient (Wildman–Crippen LogP) is 1.64. The Hall–Kier alpha value is -2.21. The van der Waals surface area contributed by atoms with Gasteiger partial charge in [-0.1, -0.05) is 12.1 Å². The number of hydrogen-bond acceptors (Lipinski definition) is 4. The molecule has 1 aliphatic heterocycles. The number of nitrogens with one attached hydrogen (secondary N) is 1. The molecule has 3 rings (SSSR count). The summed E-state index contributed by atoms with van der Waals surface area (Å²) >= 11 is 0. The highest BCUT2D eigenvalue weighted by Gasteiger charge is 2.16. The number of aromatic nitrogens is 2. The van der Waals surface area contributed by atoms with Gasteiger partial charge in [0.25, 0.3) is 5.56 Å². The molecule has 6 nitrogen and oxygen atoms in total. The summed E-state index contributed by atoms with van der Waals surface area (Å²) in [5.41, 5.74) is 1.69. The molecule has 2 heterocycles. The molecule has 0 bridgehead atoms. The van der Waals surface area contributed by atoms with Crippen molar-refractivity contribution in [3.05, 3.63) is 40.4 Å². The zero-order chi connectivity index (χ0) is 16.9. The molecule has 0 radical (unpaired) electrons. The topological polar surface area (TPSA) is 73.2 Å². The second kappa shape index (κ2) is 7.57. The van der Waals surface area contributed by atoms with E-state index in [1.54, 1.807) is 17.0 Å². The van der Waals surface area contributed by atoms with Crippen molar-refractivity contribution in [2.45, 2.75) is 32.7 Å². The van der Waals surface area contributed by atoms with Gasteiger partial charge in [-0.3, -0.25) is 14.2 Å². The molecule has 1 aliphatic rings. The van der Waals surface area contributed by atoms with Gasteiger partial charge in [0.15, 0.2) is 0 Å². The summed E-state index contributed by atoms with van der Waals surface area (Å²) in [7, 11) is 0. The Balaban J connectivity index is 1.53. The number of benzene rings is 1. The molecule has 0 spiro atoms. The van der Waals surface area contributed by atoms with Crippen LogP contribution in [0.25, 0.3) is 10.9 Å². The molecule has 1 fully saturated rings. The maximum Gasteiger partial charge on any atom is 0.261 e. The van der Waals surface area contributed by atoms with E-state index in [1.807, 2.05) is 19.1 Å². The Kier molecular flexibility index (Phi) is 5.25. The highest BCUT2D eigenvalue weighted by molar-refractivity contribution is 5.80. The molecular weight excluding hydrogens is 306 g/mol. The first-order chi connectivity index (χ1) is 11.6. The molecule has 1 atom stereocenters. The van der Waals surface area contributed by atoms with Crippen LogP contribution in [0.2, 0.25) is 0 Å². The minimum absolute atomic E-state index is 0.0274. The molecule has 1 amide bonds. The van der Waals surface area contributed by atoms with Crippen molar-refractivity contribution in [3.63, 3.8) is 0 Å². The van der Waals surface area contributed by atoms with Gasteiger partial charge in [-0.15, -0.1) is 0 Å². The minimum atomic E-state index is -0.0489. The van der Waals surface area contributed by atoms with Crippen LogP contribution in [0.4, 0.5) is 0 Å². The summed E-state index contributed by atoms with van der Waals surface area (Å²) in [5.74, 6) is 0.462. The largest absolute Gasteiger partial charge is 0.381 e. The van der Waals surface area contributed by atoms with Gasteiger partial charge >= 0.3 is 0 Å². The number of fused-ring (bicyclic) bond motifs is 1. The molecule has 128 valence electrons. The second-order valence-electron chi connectivity index (χ2n) is 6.35. The van der Waals surface area contributed by atoms with Gasteiger partial charge in [0.2, 0.25) is 5.91 Å². The molecule has 0 aliphatic carbocycles. The minimum Gasteiger partial charge on any atom is -0.381 e. The van der Waals surface area contributed by atoms with Gasteiger partial charge in [0.1, 0.15) is 0 Å². The average molecular weight is 329 g/mol. The molecule has 6 heteroatoms. The van der Waals surface area contributed by atoms with Gasteiger partial charge in [0.05, 0.1) is 23.8 Å². The third-order valence-electron chi connectivity index (χ3n) is 4.47. The quantitative estimate of drug-likeness (QED) is 0.874. The average Bonchev–Trinajstić information content (AvgIpc) is 3.09. The van der Waals surface area contributed by atoms with E-state index in [0.717, 1.165) is 30.7 Å². The van der Waals surface area contributed by atoms with Crippen LogP contribution < -0.4 is 10.9 Å². The summed E-state index contributed by atoms with van der Waals surface area (Å²) in [4.78, 5) is 28.7. The lowest BCUT2D eigenvalue weighted by Crippen LogP contribution is -2.29. The van der Waals surface area contributed by atoms with Crippen LogP contribution in [0.15, 0.2) is 29.3 Å². The lowest BCUT2D eigenvalue weighted by atomic mass is 10.1. The van der Waals surface area contributed by atoms with Crippen LogP contribution in [0.1, 0.15) is 24.8 Å². The van der Waals surface area contributed by atoms with Crippen LogP contribution in [0.5, 0.6) is 0 Å². The van der Waals surface area contributed by atoms with Crippen molar-refractivity contribution >= 4 is 16.8 Å². The van der Waals surface area contributed by atoms with Gasteiger partial charge in [0, 0.05) is 32.0 Å². The highest BCUT2D eigenvalue weighted by atomic mass is 16.5. The molecule has 1 saturated heterocycles. The Morgan fingerprint density at radius 2 is 2.33 bits per heavy atom. The lowest BCUT2D eigenvalue weighted by molar-refractivity contribution is -0.121. The third-order valence-corrected chi connectivity index (χ3v) is 4.47. The first kappa shape index (κ1) is 16.6. The van der Waals surface area contributed by atoms with Crippen LogP contribution in [0, 0.1) is 12.8 Å². The highest BCUT2D eigenvalue weighted by Crippen LogP contribution is 2.12. The summed E-state index contributed by atoms with van der Waals surface area (Å²) in [6, 6.07) is 5.61. The maximum atomic E-state index is 12.5. The van der Waals surface area contributed by atoms with E-state index in [-0.39, 0.29) is 11.5 Å². The van der Waals surface area contributed by atoms with Crippen molar-refractivity contribution in [2.24, 2.45) is 5.92 Å². The van der Waals surface area contributed by atoms with E-state index in [9.17, 15) is 9.59 Å². The van der Waals surface area contributed by atoms with E-state index < -0.39 is 0 Å². The lowest BCUT2D eigenvalue weighted by Gasteiger charge is -2.10. The van der Waals surface area contributed by atoms with E-state index in [4.69, 9.17) is 4.74 Å². The standard InChI is InChI=1S/C18H23N3O3/c1-13-4-2-5-15-17(13)20-12-21(18(15)23)8-3-6-16(22)19-10-14-7-9-24-11-14/h2,4-5,12,14H,3,6-11H2,1H3,(H,19,22)/t14-/m0/s1. The SMILES string of the molecule is Cc1cccc2c(=O)n(CCCC(=O)NC[C@@H]3CCOC3)cnc12. The molecule has 1 aromatic carbocycles. The Morgan fingerprint density at radius 3 is 3.12 bits per heavy atom. The van der Waals surface area contributed by atoms with E-state index in [0.29, 0.717) is 37.2 Å². The fourth-order valence-electron chi connectivity index (χ4n) is 3.00. The molecular formula is C18H23N3O3. The van der Waals surface area contributed by atoms with Crippen LogP contribution >= 0.6 is 0 Å². The number of hydrogen-bond donors (Lipinski definition) is 1. The fourth-order valence-corrected chi connectivity index (χ4v) is 3.00. The molecule has 0 unspecified atom stereocenters. The number of para-hydroxylation sites is 1. The van der Waals surface area contributed by atoms with Crippen LogP contribution in [-0.4, -0.2) is 35.2 Å². The van der Waals surface area contributed by atoms with Crippen molar-refractivity contribution in [3.8, 4) is 0 Å². The smallest absolute Gasteiger partial charge is 0.261 e. The zero-order valence-corrected chi connectivity index (χ0v) is 14.0. The molecule has 1 N–H and O–H groups in total. The van der Waals surface area contributed by atoms with Crippen molar-refractivity contribution in [1.29, 1.82) is 0 Å². The summed E-state index contributed by atoms with van der Waals surface area (Å²) < 4.78 is 6.87. The maximum absolute atomic E-state index is 12.5. The first-order valence-corrected chi connectivity index (χ1v) is 8.44. The number of carbonyl (C=O) groups is 1. The molecule has 1 aromatic heterocycles. The van der Waals surface area contributed by atoms with Crippen LogP contribution in [-0.2, 0) is 16.1 Å². The number of rotatable bonds is 6. The number of ether oxygens (including phenoxy) is 1. The fraction of sp³-hybridized carbons (Fsp3) is 0.500. The second-order valence-corrected chi connectivity index (χ2v) is 6.35. The van der Waals surface area contributed by atoms with Gasteiger partial charge < -0.3 is 10.1 Å². The molecule has 2 aromatic rings. The number of carbonyl (C=O) groups excluding carboxylic acids is 1. The third kappa shape index (κ3) is 3.82. The Morgan fingerprint density at radius 1 is 1.46 bits per heavy atom. The first-order valence-electron chi connectivity index (χ1n) is 8.44. The number of aryl methyl sites for hydroxylation is 2. The number of nitrogens with zero attached hydrogens (tertiary/aromatic N) is 2. The van der Waals surface area contributed by atoms with Gasteiger partial charge in [-0.25, -0.2) is 4.98 Å². The van der Waals surface area contributed by atoms with Crippen molar-refractivity contribution in [2.75, 3.05) is 19.8 Å². The normalized spacial score (nSPS) is 17.3. The van der Waals surface area contributed by atoms with Crippen molar-refractivity contribution in [1.82, 2.24) is 14.9 Å². The van der Waals surface area contributed by atoms with E-state index in [1.165, 1.54) is 0 Å². The summed E-state index contributed by atoms with van der Waals surface area (Å²) in [6.07, 6.45) is 3.61. The predicted molar refractivity (Wildman–Crippen MR) is 91.9 cm³/mol. The summed E-state index contributed by atoms with van der Waals surface area (Å²) in [6.45, 7) is 4.64.